The van der Waals surface area contributed by atoms with Crippen LogP contribution in [-0.2, 0) is 11.3 Å². The van der Waals surface area contributed by atoms with Gasteiger partial charge in [0.1, 0.15) is 10.7 Å². The molecule has 6 heteroatoms. The lowest BCUT2D eigenvalue weighted by atomic mass is 10.1. The average molecular weight is 239 g/mol. The van der Waals surface area contributed by atoms with Crippen molar-refractivity contribution in [3.8, 4) is 0 Å². The van der Waals surface area contributed by atoms with Crippen molar-refractivity contribution in [2.75, 3.05) is 13.2 Å². The van der Waals surface area contributed by atoms with E-state index in [2.05, 4.69) is 15.1 Å². The molecule has 2 aromatic heterocycles. The molecule has 5 nitrogen and oxygen atoms in total. The Morgan fingerprint density at radius 3 is 3.25 bits per heavy atom. The smallest absolute Gasteiger partial charge is 0.178 e. The SMILES string of the molecule is Clc1cnc2cnn(CC3CCOC3)c2n1. The van der Waals surface area contributed by atoms with E-state index in [9.17, 15) is 0 Å². The Kier molecular flexibility index (Phi) is 2.49. The summed E-state index contributed by atoms with van der Waals surface area (Å²) in [6.07, 6.45) is 4.33. The Labute approximate surface area is 97.4 Å². The summed E-state index contributed by atoms with van der Waals surface area (Å²) in [6.45, 7) is 2.46. The third kappa shape index (κ3) is 1.76. The maximum Gasteiger partial charge on any atom is 0.178 e. The molecule has 0 aliphatic carbocycles. The first kappa shape index (κ1) is 9.99. The van der Waals surface area contributed by atoms with E-state index >= 15 is 0 Å². The molecule has 1 aliphatic rings. The van der Waals surface area contributed by atoms with Crippen LogP contribution in [0, 0.1) is 5.92 Å². The zero-order valence-electron chi connectivity index (χ0n) is 8.64. The van der Waals surface area contributed by atoms with Crippen LogP contribution in [0.2, 0.25) is 5.15 Å². The molecule has 1 saturated heterocycles. The number of ether oxygens (including phenoxy) is 1. The van der Waals surface area contributed by atoms with Crippen LogP contribution in [0.4, 0.5) is 0 Å². The van der Waals surface area contributed by atoms with Crippen LogP contribution in [0.5, 0.6) is 0 Å². The van der Waals surface area contributed by atoms with Crippen molar-refractivity contribution in [1.29, 1.82) is 0 Å². The van der Waals surface area contributed by atoms with E-state index in [0.717, 1.165) is 37.3 Å². The highest BCUT2D eigenvalue weighted by atomic mass is 35.5. The highest BCUT2D eigenvalue weighted by Gasteiger charge is 2.18. The highest BCUT2D eigenvalue weighted by molar-refractivity contribution is 6.29. The molecule has 1 atom stereocenters. The van der Waals surface area contributed by atoms with E-state index in [0.29, 0.717) is 11.1 Å². The molecule has 1 fully saturated rings. The van der Waals surface area contributed by atoms with Gasteiger partial charge in [-0.25, -0.2) is 14.6 Å². The number of hydrogen-bond acceptors (Lipinski definition) is 4. The number of fused-ring (bicyclic) bond motifs is 1. The molecule has 0 radical (unpaired) electrons. The molecule has 16 heavy (non-hydrogen) atoms. The fourth-order valence-electron chi connectivity index (χ4n) is 1.93. The van der Waals surface area contributed by atoms with Crippen molar-refractivity contribution < 1.29 is 4.74 Å². The fourth-order valence-corrected chi connectivity index (χ4v) is 2.06. The molecular weight excluding hydrogens is 228 g/mol. The molecule has 1 aliphatic heterocycles. The van der Waals surface area contributed by atoms with Gasteiger partial charge in [0.25, 0.3) is 0 Å². The summed E-state index contributed by atoms with van der Waals surface area (Å²) in [7, 11) is 0. The summed E-state index contributed by atoms with van der Waals surface area (Å²) >= 11 is 5.82. The van der Waals surface area contributed by atoms with Gasteiger partial charge in [0.05, 0.1) is 19.0 Å². The van der Waals surface area contributed by atoms with Gasteiger partial charge in [0, 0.05) is 19.1 Å². The van der Waals surface area contributed by atoms with Crippen molar-refractivity contribution >= 4 is 22.8 Å². The second-order valence-electron chi connectivity index (χ2n) is 3.96. The van der Waals surface area contributed by atoms with Crippen molar-refractivity contribution in [2.24, 2.45) is 5.92 Å². The highest BCUT2D eigenvalue weighted by Crippen LogP contribution is 2.17. The lowest BCUT2D eigenvalue weighted by Gasteiger charge is -2.07. The van der Waals surface area contributed by atoms with Gasteiger partial charge < -0.3 is 4.74 Å². The number of halogens is 1. The second kappa shape index (κ2) is 3.99. The van der Waals surface area contributed by atoms with Crippen LogP contribution >= 0.6 is 11.6 Å². The molecule has 0 amide bonds. The van der Waals surface area contributed by atoms with Gasteiger partial charge in [-0.1, -0.05) is 11.6 Å². The van der Waals surface area contributed by atoms with Crippen LogP contribution in [0.1, 0.15) is 6.42 Å². The number of aromatic nitrogens is 4. The first-order chi connectivity index (χ1) is 7.83. The normalized spacial score (nSPS) is 20.7. The molecule has 0 aromatic carbocycles. The minimum absolute atomic E-state index is 0.400. The largest absolute Gasteiger partial charge is 0.381 e. The van der Waals surface area contributed by atoms with E-state index in [1.165, 1.54) is 6.20 Å². The van der Waals surface area contributed by atoms with Crippen molar-refractivity contribution in [2.45, 2.75) is 13.0 Å². The van der Waals surface area contributed by atoms with Gasteiger partial charge in [-0.05, 0) is 6.42 Å². The maximum absolute atomic E-state index is 5.82. The van der Waals surface area contributed by atoms with Gasteiger partial charge in [-0.3, -0.25) is 0 Å². The summed E-state index contributed by atoms with van der Waals surface area (Å²) in [5.74, 6) is 0.517. The van der Waals surface area contributed by atoms with Gasteiger partial charge in [0.15, 0.2) is 5.65 Å². The Morgan fingerprint density at radius 2 is 2.44 bits per heavy atom. The maximum atomic E-state index is 5.82. The average Bonchev–Trinajstić information content (AvgIpc) is 2.90. The van der Waals surface area contributed by atoms with E-state index in [4.69, 9.17) is 16.3 Å². The molecule has 0 saturated carbocycles. The minimum atomic E-state index is 0.400. The molecule has 2 aromatic rings. The molecule has 3 heterocycles. The summed E-state index contributed by atoms with van der Waals surface area (Å²) in [4.78, 5) is 8.41. The lowest BCUT2D eigenvalue weighted by Crippen LogP contribution is -2.12. The Hall–Kier alpha value is -1.20. The van der Waals surface area contributed by atoms with Gasteiger partial charge in [-0.2, -0.15) is 5.10 Å². The molecule has 0 spiro atoms. The predicted molar refractivity (Wildman–Crippen MR) is 59.3 cm³/mol. The van der Waals surface area contributed by atoms with Gasteiger partial charge in [-0.15, -0.1) is 0 Å². The zero-order chi connectivity index (χ0) is 11.0. The number of nitrogens with zero attached hydrogens (tertiary/aromatic N) is 4. The van der Waals surface area contributed by atoms with Crippen molar-refractivity contribution in [3.63, 3.8) is 0 Å². The third-order valence-corrected chi connectivity index (χ3v) is 2.95. The minimum Gasteiger partial charge on any atom is -0.381 e. The van der Waals surface area contributed by atoms with Crippen LogP contribution in [0.3, 0.4) is 0 Å². The summed E-state index contributed by atoms with van der Waals surface area (Å²) in [5.41, 5.74) is 1.53. The molecule has 1 unspecified atom stereocenters. The third-order valence-electron chi connectivity index (χ3n) is 2.77. The Balaban J connectivity index is 1.93. The lowest BCUT2D eigenvalue weighted by molar-refractivity contribution is 0.182. The fraction of sp³-hybridized carbons (Fsp3) is 0.500. The van der Waals surface area contributed by atoms with Gasteiger partial charge in [0.2, 0.25) is 0 Å². The Morgan fingerprint density at radius 1 is 1.50 bits per heavy atom. The van der Waals surface area contributed by atoms with Crippen LogP contribution in [0.25, 0.3) is 11.2 Å². The summed E-state index contributed by atoms with van der Waals surface area (Å²) in [6, 6.07) is 0. The monoisotopic (exact) mass is 238 g/mol. The first-order valence-electron chi connectivity index (χ1n) is 5.25. The summed E-state index contributed by atoms with van der Waals surface area (Å²) < 4.78 is 7.19. The van der Waals surface area contributed by atoms with E-state index in [1.54, 1.807) is 6.20 Å². The van der Waals surface area contributed by atoms with Crippen LogP contribution in [-0.4, -0.2) is 33.0 Å². The van der Waals surface area contributed by atoms with Crippen molar-refractivity contribution in [3.05, 3.63) is 17.5 Å². The van der Waals surface area contributed by atoms with Crippen LogP contribution < -0.4 is 0 Å². The quantitative estimate of drug-likeness (QED) is 0.796. The molecule has 84 valence electrons. The Bertz CT molecular complexity index is 506. The van der Waals surface area contributed by atoms with Crippen molar-refractivity contribution in [1.82, 2.24) is 19.7 Å². The zero-order valence-corrected chi connectivity index (χ0v) is 9.39. The number of hydrogen-bond donors (Lipinski definition) is 0. The van der Waals surface area contributed by atoms with E-state index < -0.39 is 0 Å². The molecule has 0 N–H and O–H groups in total. The predicted octanol–water partition coefficient (Wildman–Crippen LogP) is 1.52. The number of rotatable bonds is 2. The topological polar surface area (TPSA) is 52.8 Å². The first-order valence-corrected chi connectivity index (χ1v) is 5.62. The second-order valence-corrected chi connectivity index (χ2v) is 4.35. The molecule has 3 rings (SSSR count). The van der Waals surface area contributed by atoms with E-state index in [-0.39, 0.29) is 0 Å². The molecule has 0 bridgehead atoms. The van der Waals surface area contributed by atoms with Crippen LogP contribution in [0.15, 0.2) is 12.4 Å². The standard InChI is InChI=1S/C10H11ClN4O/c11-9-4-12-8-3-13-15(10(8)14-9)5-7-1-2-16-6-7/h3-4,7H,1-2,5-6H2. The van der Waals surface area contributed by atoms with Gasteiger partial charge >= 0.3 is 0 Å². The summed E-state index contributed by atoms with van der Waals surface area (Å²) in [5, 5.41) is 4.68. The molecular formula is C10H11ClN4O. The van der Waals surface area contributed by atoms with E-state index in [1.807, 2.05) is 4.68 Å².